The zero-order chi connectivity index (χ0) is 30.9. The Labute approximate surface area is 269 Å². The number of nitrogens with zero attached hydrogens (tertiary/aromatic N) is 8. The van der Waals surface area contributed by atoms with Crippen molar-refractivity contribution in [1.82, 2.24) is 39.0 Å². The van der Waals surface area contributed by atoms with Gasteiger partial charge >= 0.3 is 50.0 Å². The number of terminal acetylenes is 2. The first-order valence-corrected chi connectivity index (χ1v) is 13.0. The molecule has 0 saturated heterocycles. The van der Waals surface area contributed by atoms with Crippen molar-refractivity contribution in [3.8, 4) is 24.7 Å². The van der Waals surface area contributed by atoms with Gasteiger partial charge in [0.1, 0.15) is 6.61 Å². The fourth-order valence-electron chi connectivity index (χ4n) is 4.13. The summed E-state index contributed by atoms with van der Waals surface area (Å²) >= 11 is 0. The number of hydrogen-bond acceptors (Lipinski definition) is 14. The van der Waals surface area contributed by atoms with Gasteiger partial charge in [-0.15, -0.1) is 17.4 Å². The van der Waals surface area contributed by atoms with E-state index in [0.29, 0.717) is 0 Å². The third kappa shape index (κ3) is 6.30. The number of rotatable bonds is 6. The number of fused-ring (bicyclic) bond motifs is 2. The molecule has 1 unspecified atom stereocenters. The van der Waals surface area contributed by atoms with E-state index in [1.54, 1.807) is 18.2 Å². The molecule has 5 N–H and O–H groups in total. The molecule has 44 heavy (non-hydrogen) atoms. The average molecular weight is 635 g/mol. The maximum atomic E-state index is 13.3. The normalized spacial score (nSPS) is 24.0. The summed E-state index contributed by atoms with van der Waals surface area (Å²) in [7, 11) is -3.07. The Morgan fingerprint density at radius 3 is 1.82 bits per heavy atom. The Morgan fingerprint density at radius 2 is 1.41 bits per heavy atom. The van der Waals surface area contributed by atoms with Crippen LogP contribution in [0.3, 0.4) is 0 Å². The van der Waals surface area contributed by atoms with Crippen molar-refractivity contribution < 1.29 is 66.9 Å². The van der Waals surface area contributed by atoms with E-state index in [1.165, 1.54) is 27.9 Å². The van der Waals surface area contributed by atoms with Crippen LogP contribution in [0.2, 0.25) is 0 Å². The summed E-state index contributed by atoms with van der Waals surface area (Å²) in [5.74, 6) is 4.53. The van der Waals surface area contributed by atoms with Gasteiger partial charge in [-0.05, 0) is 28.9 Å². The van der Waals surface area contributed by atoms with Crippen molar-refractivity contribution >= 4 is 42.2 Å². The predicted molar refractivity (Wildman–Crippen MR) is 142 cm³/mol. The second kappa shape index (κ2) is 13.0. The second-order valence-corrected chi connectivity index (χ2v) is 9.57. The van der Waals surface area contributed by atoms with E-state index in [4.69, 9.17) is 33.8 Å². The van der Waals surface area contributed by atoms with E-state index in [9.17, 15) is 23.3 Å². The van der Waals surface area contributed by atoms with Gasteiger partial charge in [0.25, 0.3) is 0 Å². The van der Waals surface area contributed by atoms with Crippen LogP contribution < -0.4 is 45.9 Å². The number of hydrogen-bond donors (Lipinski definition) is 3. The molecule has 0 bridgehead atoms. The molecule has 20 heteroatoms. The molecule has 16 nitrogen and oxygen atoms in total. The van der Waals surface area contributed by atoms with Crippen LogP contribution in [0.5, 0.6) is 0 Å². The Morgan fingerprint density at radius 1 is 0.955 bits per heavy atom. The molecule has 2 aliphatic heterocycles. The fraction of sp³-hybridized carbons (Fsp3) is 0.250. The van der Waals surface area contributed by atoms with Crippen molar-refractivity contribution in [1.29, 1.82) is 0 Å². The first-order chi connectivity index (χ1) is 20.5. The van der Waals surface area contributed by atoms with Gasteiger partial charge in [0.2, 0.25) is 0 Å². The van der Waals surface area contributed by atoms with Crippen LogP contribution in [0.15, 0.2) is 37.0 Å². The quantitative estimate of drug-likeness (QED) is 0.0633. The van der Waals surface area contributed by atoms with E-state index in [-0.39, 0.29) is 76.7 Å². The SMILES string of the molecule is C#C[C@@]1(CO)C=C[C@H](n2cnc3c(N)nc(F)nc32)O1.C#C[C@@]1(CO[P+](=O)[O-])C=C[C@H](n2cnc3c(N)nc(F)nc32)O1.[Na+]. The molecule has 0 aromatic carbocycles. The first-order valence-electron chi connectivity index (χ1n) is 11.9. The van der Waals surface area contributed by atoms with Crippen molar-refractivity contribution in [2.24, 2.45) is 0 Å². The van der Waals surface area contributed by atoms with Crippen LogP contribution in [0, 0.1) is 36.8 Å². The summed E-state index contributed by atoms with van der Waals surface area (Å²) in [6.45, 7) is -0.748. The molecule has 6 rings (SSSR count). The summed E-state index contributed by atoms with van der Waals surface area (Å²) in [5.41, 5.74) is 9.38. The van der Waals surface area contributed by atoms with Crippen LogP contribution in [-0.2, 0) is 18.6 Å². The molecular formula is C24H19F2N10NaO6P+. The van der Waals surface area contributed by atoms with Crippen LogP contribution in [0.25, 0.3) is 22.3 Å². The van der Waals surface area contributed by atoms with Gasteiger partial charge in [-0.3, -0.25) is 9.13 Å². The number of imidazole rings is 2. The zero-order valence-electron chi connectivity index (χ0n) is 22.6. The van der Waals surface area contributed by atoms with Gasteiger partial charge < -0.3 is 30.9 Å². The number of aliphatic hydroxyl groups is 1. The summed E-state index contributed by atoms with van der Waals surface area (Å²) in [6.07, 6.45) is 16.3. The Hall–Kier alpha value is -3.94. The van der Waals surface area contributed by atoms with E-state index in [1.807, 2.05) is 0 Å². The number of nitrogens with two attached hydrogens (primary N) is 2. The van der Waals surface area contributed by atoms with Crippen LogP contribution in [0.4, 0.5) is 20.4 Å². The van der Waals surface area contributed by atoms with Gasteiger partial charge in [-0.25, -0.2) is 9.97 Å². The topological polar surface area (TPSA) is 227 Å². The monoisotopic (exact) mass is 635 g/mol. The van der Waals surface area contributed by atoms with Crippen LogP contribution in [-0.4, -0.2) is 68.6 Å². The maximum absolute atomic E-state index is 13.3. The smallest absolute Gasteiger partial charge is 0.566 e. The summed E-state index contributed by atoms with van der Waals surface area (Å²) in [4.78, 5) is 32.6. The molecular weight excluding hydrogens is 616 g/mol. The number of ether oxygens (including phenoxy) is 2. The van der Waals surface area contributed by atoms with E-state index in [2.05, 4.69) is 46.3 Å². The molecule has 2 aliphatic rings. The minimum Gasteiger partial charge on any atom is -0.566 e. The van der Waals surface area contributed by atoms with Crippen molar-refractivity contribution in [2.75, 3.05) is 24.7 Å². The first kappa shape index (κ1) is 33.0. The number of anilines is 2. The molecule has 4 aromatic heterocycles. The maximum Gasteiger partial charge on any atom is 1.00 e. The standard InChI is InChI=1S/C12H9FN5O4P.C12H10FN5O2.Na/c1-2-12(5-21-23(19)20)4-3-7(22-12)18-6-15-8-9(14)16-11(13)17-10(8)18;1-2-12(5-19)4-3-7(20-12)18-6-15-8-9(14)16-11(13)17-10(8)18;/h1,3-4,6-7H,5H2,(H2,14,16,17);1,3-4,6-7,19H,5H2,(H2,14,16,17);/q;;+1/t2*7-,12+;/m11./s1. The predicted octanol–water partition coefficient (Wildman–Crippen LogP) is -2.96. The fourth-order valence-corrected chi connectivity index (χ4v) is 4.43. The molecule has 6 heterocycles. The van der Waals surface area contributed by atoms with E-state index in [0.717, 1.165) is 0 Å². The van der Waals surface area contributed by atoms with Gasteiger partial charge in [0.05, 0.1) is 19.3 Å². The second-order valence-electron chi connectivity index (χ2n) is 8.86. The summed E-state index contributed by atoms with van der Waals surface area (Å²) in [6, 6.07) is 0. The molecule has 0 amide bonds. The Bertz CT molecular complexity index is 1890. The van der Waals surface area contributed by atoms with Gasteiger partial charge in [0, 0.05) is 0 Å². The minimum atomic E-state index is -3.07. The van der Waals surface area contributed by atoms with Crippen molar-refractivity contribution in [3.05, 3.63) is 49.1 Å². The molecule has 0 radical (unpaired) electrons. The number of halogens is 2. The molecule has 5 atom stereocenters. The molecule has 0 aliphatic carbocycles. The summed E-state index contributed by atoms with van der Waals surface area (Å²) < 4.78 is 55.7. The average Bonchev–Trinajstić information content (AvgIpc) is 3.77. The van der Waals surface area contributed by atoms with E-state index >= 15 is 0 Å². The molecule has 4 aromatic rings. The minimum absolute atomic E-state index is 0. The van der Waals surface area contributed by atoms with Crippen LogP contribution in [0.1, 0.15) is 12.5 Å². The Kier molecular flexibility index (Phi) is 9.71. The molecule has 0 spiro atoms. The largest absolute Gasteiger partial charge is 1.00 e. The number of nitrogen functional groups attached to an aromatic ring is 2. The van der Waals surface area contributed by atoms with Crippen LogP contribution >= 0.6 is 8.25 Å². The number of aliphatic hydroxyl groups excluding tert-OH is 1. The molecule has 0 saturated carbocycles. The van der Waals surface area contributed by atoms with Gasteiger partial charge in [-0.1, -0.05) is 11.8 Å². The third-order valence-corrected chi connectivity index (χ3v) is 6.56. The van der Waals surface area contributed by atoms with Gasteiger partial charge in [0.15, 0.2) is 57.6 Å². The third-order valence-electron chi connectivity index (χ3n) is 6.22. The number of aromatic nitrogens is 8. The van der Waals surface area contributed by atoms with Crippen molar-refractivity contribution in [3.63, 3.8) is 0 Å². The van der Waals surface area contributed by atoms with E-state index < -0.39 is 44.1 Å². The Balaban J connectivity index is 0.000000198. The van der Waals surface area contributed by atoms with Crippen molar-refractivity contribution in [2.45, 2.75) is 23.7 Å². The molecule has 220 valence electrons. The summed E-state index contributed by atoms with van der Waals surface area (Å²) in [5, 5.41) is 9.28. The molecule has 0 fully saturated rings. The van der Waals surface area contributed by atoms with Gasteiger partial charge in [-0.2, -0.15) is 28.7 Å². The zero-order valence-corrected chi connectivity index (χ0v) is 25.5.